The maximum atomic E-state index is 12.7. The Morgan fingerprint density at radius 3 is 2.09 bits per heavy atom. The standard InChI is InChI=1S/C24H39N3O5/c1-23(2,3)31-21(29)19(16-17-12-8-7-9-13-17)27-20(28)18(25)14-10-11-15-26-22(30)32-24(4,5)6/h7-9,12-13,18-19H,10-11,14-16,25H2,1-6H3,(H,26,30)(H,27,28)/t18-,19-/m0/s1. The molecule has 1 aromatic carbocycles. The molecule has 0 radical (unpaired) electrons. The maximum Gasteiger partial charge on any atom is 0.407 e. The number of carbonyl (C=O) groups is 3. The molecule has 2 amide bonds. The number of alkyl carbamates (subject to hydrolysis) is 1. The van der Waals surface area contributed by atoms with Crippen LogP contribution >= 0.6 is 0 Å². The van der Waals surface area contributed by atoms with Crippen molar-refractivity contribution < 1.29 is 23.9 Å². The zero-order valence-electron chi connectivity index (χ0n) is 20.2. The molecular formula is C24H39N3O5. The van der Waals surface area contributed by atoms with Crippen molar-refractivity contribution in [1.29, 1.82) is 0 Å². The predicted molar refractivity (Wildman–Crippen MR) is 124 cm³/mol. The van der Waals surface area contributed by atoms with E-state index in [1.54, 1.807) is 41.5 Å². The van der Waals surface area contributed by atoms with Gasteiger partial charge in [0.2, 0.25) is 5.91 Å². The second-order valence-electron chi connectivity index (χ2n) is 9.82. The Labute approximate surface area is 191 Å². The van der Waals surface area contributed by atoms with E-state index < -0.39 is 41.3 Å². The summed E-state index contributed by atoms with van der Waals surface area (Å²) in [5, 5.41) is 5.42. The van der Waals surface area contributed by atoms with E-state index in [1.807, 2.05) is 30.3 Å². The third-order valence-corrected chi connectivity index (χ3v) is 4.24. The average Bonchev–Trinajstić information content (AvgIpc) is 2.65. The zero-order chi connectivity index (χ0) is 24.4. The predicted octanol–water partition coefficient (Wildman–Crippen LogP) is 3.08. The van der Waals surface area contributed by atoms with Gasteiger partial charge in [0.1, 0.15) is 17.2 Å². The number of hydrogen-bond acceptors (Lipinski definition) is 6. The summed E-state index contributed by atoms with van der Waals surface area (Å²) in [7, 11) is 0. The lowest BCUT2D eigenvalue weighted by Gasteiger charge is -2.25. The highest BCUT2D eigenvalue weighted by Crippen LogP contribution is 2.12. The molecule has 4 N–H and O–H groups in total. The summed E-state index contributed by atoms with van der Waals surface area (Å²) in [5.74, 6) is -0.902. The van der Waals surface area contributed by atoms with E-state index in [4.69, 9.17) is 15.2 Å². The Balaban J connectivity index is 2.53. The first-order chi connectivity index (χ1) is 14.8. The topological polar surface area (TPSA) is 120 Å². The Morgan fingerprint density at radius 2 is 1.53 bits per heavy atom. The highest BCUT2D eigenvalue weighted by atomic mass is 16.6. The minimum absolute atomic E-state index is 0.314. The molecule has 0 heterocycles. The molecule has 0 saturated carbocycles. The van der Waals surface area contributed by atoms with Crippen molar-refractivity contribution >= 4 is 18.0 Å². The van der Waals surface area contributed by atoms with E-state index in [9.17, 15) is 14.4 Å². The second-order valence-corrected chi connectivity index (χ2v) is 9.82. The van der Waals surface area contributed by atoms with Gasteiger partial charge in [-0.2, -0.15) is 0 Å². The van der Waals surface area contributed by atoms with Gasteiger partial charge in [0.25, 0.3) is 0 Å². The Kier molecular flexibility index (Phi) is 10.7. The van der Waals surface area contributed by atoms with Crippen LogP contribution in [0.3, 0.4) is 0 Å². The fourth-order valence-electron chi connectivity index (χ4n) is 2.82. The molecule has 0 fully saturated rings. The molecule has 0 aromatic heterocycles. The second kappa shape index (κ2) is 12.4. The first kappa shape index (κ1) is 27.4. The van der Waals surface area contributed by atoms with E-state index in [1.165, 1.54) is 0 Å². The number of esters is 1. The molecule has 8 heteroatoms. The SMILES string of the molecule is CC(C)(C)OC(=O)NCCCC[C@H](N)C(=O)N[C@@H](Cc1ccccc1)C(=O)OC(C)(C)C. The monoisotopic (exact) mass is 449 g/mol. The van der Waals surface area contributed by atoms with Crippen molar-refractivity contribution in [2.24, 2.45) is 5.73 Å². The minimum Gasteiger partial charge on any atom is -0.458 e. The molecule has 8 nitrogen and oxygen atoms in total. The van der Waals surface area contributed by atoms with E-state index in [0.29, 0.717) is 32.2 Å². The molecule has 1 rings (SSSR count). The van der Waals surface area contributed by atoms with Crippen molar-refractivity contribution in [2.75, 3.05) is 6.54 Å². The fraction of sp³-hybridized carbons (Fsp3) is 0.625. The number of unbranched alkanes of at least 4 members (excludes halogenated alkanes) is 1. The molecule has 0 bridgehead atoms. The van der Waals surface area contributed by atoms with Crippen molar-refractivity contribution in [3.63, 3.8) is 0 Å². The summed E-state index contributed by atoms with van der Waals surface area (Å²) >= 11 is 0. The van der Waals surface area contributed by atoms with Gasteiger partial charge in [0.15, 0.2) is 0 Å². The molecule has 1 aromatic rings. The largest absolute Gasteiger partial charge is 0.458 e. The molecule has 0 aliphatic heterocycles. The molecule has 0 spiro atoms. The highest BCUT2D eigenvalue weighted by Gasteiger charge is 2.28. The zero-order valence-corrected chi connectivity index (χ0v) is 20.2. The van der Waals surface area contributed by atoms with E-state index in [2.05, 4.69) is 10.6 Å². The average molecular weight is 450 g/mol. The lowest BCUT2D eigenvalue weighted by atomic mass is 10.0. The first-order valence-corrected chi connectivity index (χ1v) is 11.1. The molecule has 0 saturated heterocycles. The van der Waals surface area contributed by atoms with Gasteiger partial charge in [0, 0.05) is 13.0 Å². The quantitative estimate of drug-likeness (QED) is 0.373. The van der Waals surface area contributed by atoms with Gasteiger partial charge >= 0.3 is 12.1 Å². The molecule has 0 unspecified atom stereocenters. The molecular weight excluding hydrogens is 410 g/mol. The maximum absolute atomic E-state index is 12.7. The van der Waals surface area contributed by atoms with Gasteiger partial charge in [-0.25, -0.2) is 9.59 Å². The molecule has 180 valence electrons. The summed E-state index contributed by atoms with van der Waals surface area (Å²) in [4.78, 5) is 36.9. The number of nitrogens with one attached hydrogen (secondary N) is 2. The number of amides is 2. The Bertz CT molecular complexity index is 738. The van der Waals surface area contributed by atoms with Crippen LogP contribution in [0.5, 0.6) is 0 Å². The van der Waals surface area contributed by atoms with Crippen molar-refractivity contribution in [3.8, 4) is 0 Å². The molecule has 0 aliphatic rings. The van der Waals surface area contributed by atoms with Crippen LogP contribution in [0.25, 0.3) is 0 Å². The third kappa shape index (κ3) is 12.3. The lowest BCUT2D eigenvalue weighted by molar-refractivity contribution is -0.158. The number of rotatable bonds is 10. The van der Waals surface area contributed by atoms with Gasteiger partial charge in [-0.15, -0.1) is 0 Å². The summed E-state index contributed by atoms with van der Waals surface area (Å²) in [5.41, 5.74) is 5.73. The first-order valence-electron chi connectivity index (χ1n) is 11.1. The smallest absolute Gasteiger partial charge is 0.407 e. The van der Waals surface area contributed by atoms with Crippen LogP contribution in [0, 0.1) is 0 Å². The van der Waals surface area contributed by atoms with Gasteiger partial charge in [-0.1, -0.05) is 30.3 Å². The number of hydrogen-bond donors (Lipinski definition) is 3. The number of benzene rings is 1. The molecule has 2 atom stereocenters. The number of ether oxygens (including phenoxy) is 2. The summed E-state index contributed by atoms with van der Waals surface area (Å²) < 4.78 is 10.6. The van der Waals surface area contributed by atoms with E-state index >= 15 is 0 Å². The van der Waals surface area contributed by atoms with E-state index in [0.717, 1.165) is 5.56 Å². The third-order valence-electron chi connectivity index (χ3n) is 4.24. The minimum atomic E-state index is -0.830. The van der Waals surface area contributed by atoms with Gasteiger partial charge in [0.05, 0.1) is 6.04 Å². The summed E-state index contributed by atoms with van der Waals surface area (Å²) in [6.45, 7) is 11.2. The van der Waals surface area contributed by atoms with Crippen LogP contribution in [-0.2, 0) is 25.5 Å². The summed E-state index contributed by atoms with van der Waals surface area (Å²) in [6.07, 6.45) is 1.56. The Hall–Kier alpha value is -2.61. The molecule has 32 heavy (non-hydrogen) atoms. The van der Waals surface area contributed by atoms with Crippen molar-refractivity contribution in [1.82, 2.24) is 10.6 Å². The summed E-state index contributed by atoms with van der Waals surface area (Å²) in [6, 6.07) is 7.82. The van der Waals surface area contributed by atoms with Gasteiger partial charge in [-0.3, -0.25) is 4.79 Å². The lowest BCUT2D eigenvalue weighted by Crippen LogP contribution is -2.50. The van der Waals surface area contributed by atoms with Crippen LogP contribution in [-0.4, -0.2) is 47.8 Å². The van der Waals surface area contributed by atoms with Crippen LogP contribution in [0.4, 0.5) is 4.79 Å². The van der Waals surface area contributed by atoms with Crippen LogP contribution in [0.2, 0.25) is 0 Å². The molecule has 0 aliphatic carbocycles. The van der Waals surface area contributed by atoms with Gasteiger partial charge < -0.3 is 25.8 Å². The normalized spacial score (nSPS) is 13.6. The van der Waals surface area contributed by atoms with E-state index in [-0.39, 0.29) is 0 Å². The number of nitrogens with two attached hydrogens (primary N) is 1. The van der Waals surface area contributed by atoms with Crippen molar-refractivity contribution in [3.05, 3.63) is 35.9 Å². The number of carbonyl (C=O) groups excluding carboxylic acids is 3. The van der Waals surface area contributed by atoms with Crippen LogP contribution in [0.1, 0.15) is 66.4 Å². The Morgan fingerprint density at radius 1 is 0.938 bits per heavy atom. The van der Waals surface area contributed by atoms with Crippen molar-refractivity contribution in [2.45, 2.75) is 90.5 Å². The van der Waals surface area contributed by atoms with Crippen LogP contribution in [0.15, 0.2) is 30.3 Å². The highest BCUT2D eigenvalue weighted by molar-refractivity contribution is 5.87. The van der Waals surface area contributed by atoms with Crippen LogP contribution < -0.4 is 16.4 Å². The van der Waals surface area contributed by atoms with Gasteiger partial charge in [-0.05, 0) is 66.4 Å². The fourth-order valence-corrected chi connectivity index (χ4v) is 2.82.